The van der Waals surface area contributed by atoms with E-state index in [1.165, 1.54) is 6.08 Å². The Hall–Kier alpha value is -1.52. The van der Waals surface area contributed by atoms with Gasteiger partial charge in [-0.3, -0.25) is 4.79 Å². The number of ether oxygens (including phenoxy) is 1. The minimum absolute atomic E-state index is 0.263. The average Bonchev–Trinajstić information content (AvgIpc) is 2.09. The molecule has 0 unspecified atom stereocenters. The number of carbonyl (C=O) groups is 2. The molecule has 0 saturated carbocycles. The molecule has 0 aromatic carbocycles. The molecule has 0 aliphatic rings. The van der Waals surface area contributed by atoms with Crippen molar-refractivity contribution < 1.29 is 14.3 Å². The number of amides is 2. The highest BCUT2D eigenvalue weighted by Gasteiger charge is 2.15. The molecule has 2 amide bonds. The van der Waals surface area contributed by atoms with Crippen molar-refractivity contribution >= 4 is 12.0 Å². The Bertz CT molecular complexity index is 244. The van der Waals surface area contributed by atoms with E-state index in [2.05, 4.69) is 17.2 Å². The van der Waals surface area contributed by atoms with Crippen molar-refractivity contribution in [3.8, 4) is 0 Å². The second-order valence-corrected chi connectivity index (χ2v) is 3.92. The summed E-state index contributed by atoms with van der Waals surface area (Å²) in [5.74, 6) is -0.263. The van der Waals surface area contributed by atoms with Crippen LogP contribution in [0.3, 0.4) is 0 Å². The summed E-state index contributed by atoms with van der Waals surface area (Å²) in [5.41, 5.74) is -0.506. The molecule has 0 aromatic rings. The van der Waals surface area contributed by atoms with E-state index in [1.807, 2.05) is 0 Å². The van der Waals surface area contributed by atoms with Crippen molar-refractivity contribution in [1.82, 2.24) is 10.6 Å². The molecule has 0 aliphatic carbocycles. The lowest BCUT2D eigenvalue weighted by Crippen LogP contribution is -2.37. The predicted molar refractivity (Wildman–Crippen MR) is 57.4 cm³/mol. The summed E-state index contributed by atoms with van der Waals surface area (Å²) in [5, 5.41) is 5.03. The summed E-state index contributed by atoms with van der Waals surface area (Å²) in [6.45, 7) is 9.33. The molecule has 0 radical (unpaired) electrons. The van der Waals surface area contributed by atoms with Gasteiger partial charge in [0.25, 0.3) is 0 Å². The van der Waals surface area contributed by atoms with Gasteiger partial charge in [0.15, 0.2) is 0 Å². The molecule has 5 heteroatoms. The van der Waals surface area contributed by atoms with E-state index in [4.69, 9.17) is 4.74 Å². The standard InChI is InChI=1S/C10H18N2O3/c1-5-8(13)11-6-7-12-9(14)15-10(2,3)4/h5H,1,6-7H2,2-4H3,(H,11,13)(H,12,14). The Morgan fingerprint density at radius 1 is 1.27 bits per heavy atom. The van der Waals surface area contributed by atoms with Gasteiger partial charge >= 0.3 is 6.09 Å². The van der Waals surface area contributed by atoms with Gasteiger partial charge in [-0.25, -0.2) is 4.79 Å². The van der Waals surface area contributed by atoms with Crippen LogP contribution in [0.1, 0.15) is 20.8 Å². The Kier molecular flexibility index (Phi) is 5.44. The minimum atomic E-state index is -0.506. The smallest absolute Gasteiger partial charge is 0.407 e. The van der Waals surface area contributed by atoms with Gasteiger partial charge in [-0.15, -0.1) is 0 Å². The molecule has 0 rings (SSSR count). The summed E-state index contributed by atoms with van der Waals surface area (Å²) >= 11 is 0. The first-order valence-corrected chi connectivity index (χ1v) is 4.72. The lowest BCUT2D eigenvalue weighted by atomic mass is 10.2. The van der Waals surface area contributed by atoms with Crippen molar-refractivity contribution in [2.24, 2.45) is 0 Å². The van der Waals surface area contributed by atoms with Gasteiger partial charge in [0, 0.05) is 13.1 Å². The molecular weight excluding hydrogens is 196 g/mol. The van der Waals surface area contributed by atoms with Crippen molar-refractivity contribution in [2.75, 3.05) is 13.1 Å². The fraction of sp³-hybridized carbons (Fsp3) is 0.600. The van der Waals surface area contributed by atoms with Gasteiger partial charge in [0.1, 0.15) is 5.60 Å². The summed E-state index contributed by atoms with van der Waals surface area (Å²) in [4.78, 5) is 21.8. The van der Waals surface area contributed by atoms with Crippen molar-refractivity contribution in [3.05, 3.63) is 12.7 Å². The third-order valence-corrected chi connectivity index (χ3v) is 1.28. The SMILES string of the molecule is C=CC(=O)NCCNC(=O)OC(C)(C)C. The monoisotopic (exact) mass is 214 g/mol. The Morgan fingerprint density at radius 3 is 2.27 bits per heavy atom. The molecule has 0 spiro atoms. The van der Waals surface area contributed by atoms with Gasteiger partial charge in [-0.05, 0) is 26.8 Å². The fourth-order valence-electron chi connectivity index (χ4n) is 0.737. The molecule has 86 valence electrons. The number of rotatable bonds is 4. The quantitative estimate of drug-likeness (QED) is 0.537. The van der Waals surface area contributed by atoms with Crippen molar-refractivity contribution in [3.63, 3.8) is 0 Å². The third-order valence-electron chi connectivity index (χ3n) is 1.28. The number of alkyl carbamates (subject to hydrolysis) is 1. The molecule has 0 aliphatic heterocycles. The molecule has 0 bridgehead atoms. The van der Waals surface area contributed by atoms with Gasteiger partial charge < -0.3 is 15.4 Å². The van der Waals surface area contributed by atoms with Crippen LogP contribution in [0.15, 0.2) is 12.7 Å². The molecule has 15 heavy (non-hydrogen) atoms. The molecule has 2 N–H and O–H groups in total. The lowest BCUT2D eigenvalue weighted by molar-refractivity contribution is -0.116. The highest BCUT2D eigenvalue weighted by molar-refractivity contribution is 5.86. The molecule has 0 saturated heterocycles. The molecule has 0 heterocycles. The minimum Gasteiger partial charge on any atom is -0.444 e. The van der Waals surface area contributed by atoms with Crippen LogP contribution in [0.4, 0.5) is 4.79 Å². The topological polar surface area (TPSA) is 67.4 Å². The average molecular weight is 214 g/mol. The van der Waals surface area contributed by atoms with Crippen LogP contribution in [0.2, 0.25) is 0 Å². The van der Waals surface area contributed by atoms with Crippen molar-refractivity contribution in [1.29, 1.82) is 0 Å². The van der Waals surface area contributed by atoms with Crippen LogP contribution in [-0.2, 0) is 9.53 Å². The summed E-state index contributed by atoms with van der Waals surface area (Å²) < 4.78 is 4.99. The van der Waals surface area contributed by atoms with E-state index in [0.717, 1.165) is 0 Å². The maximum Gasteiger partial charge on any atom is 0.407 e. The van der Waals surface area contributed by atoms with Crippen LogP contribution >= 0.6 is 0 Å². The zero-order chi connectivity index (χ0) is 11.9. The molecule has 0 fully saturated rings. The first kappa shape index (κ1) is 13.5. The number of carbonyl (C=O) groups excluding carboxylic acids is 2. The van der Waals surface area contributed by atoms with Gasteiger partial charge in [0.2, 0.25) is 5.91 Å². The van der Waals surface area contributed by atoms with Gasteiger partial charge in [-0.1, -0.05) is 6.58 Å². The largest absolute Gasteiger partial charge is 0.444 e. The molecular formula is C10H18N2O3. The van der Waals surface area contributed by atoms with Crippen LogP contribution in [-0.4, -0.2) is 30.7 Å². The first-order valence-electron chi connectivity index (χ1n) is 4.72. The van der Waals surface area contributed by atoms with E-state index in [-0.39, 0.29) is 5.91 Å². The summed E-state index contributed by atoms with van der Waals surface area (Å²) in [6, 6.07) is 0. The number of nitrogens with one attached hydrogen (secondary N) is 2. The number of hydrogen-bond donors (Lipinski definition) is 2. The van der Waals surface area contributed by atoms with E-state index in [0.29, 0.717) is 13.1 Å². The molecule has 0 atom stereocenters. The van der Waals surface area contributed by atoms with Crippen LogP contribution in [0.5, 0.6) is 0 Å². The second-order valence-electron chi connectivity index (χ2n) is 3.92. The zero-order valence-electron chi connectivity index (χ0n) is 9.42. The van der Waals surface area contributed by atoms with Gasteiger partial charge in [-0.2, -0.15) is 0 Å². The molecule has 5 nitrogen and oxygen atoms in total. The summed E-state index contributed by atoms with van der Waals surface area (Å²) in [7, 11) is 0. The third kappa shape index (κ3) is 8.80. The zero-order valence-corrected chi connectivity index (χ0v) is 9.42. The maximum absolute atomic E-state index is 11.1. The lowest BCUT2D eigenvalue weighted by Gasteiger charge is -2.19. The highest BCUT2D eigenvalue weighted by atomic mass is 16.6. The van der Waals surface area contributed by atoms with Gasteiger partial charge in [0.05, 0.1) is 0 Å². The first-order chi connectivity index (χ1) is 6.85. The van der Waals surface area contributed by atoms with Crippen LogP contribution in [0.25, 0.3) is 0 Å². The van der Waals surface area contributed by atoms with E-state index in [9.17, 15) is 9.59 Å². The Labute approximate surface area is 89.9 Å². The maximum atomic E-state index is 11.1. The number of hydrogen-bond acceptors (Lipinski definition) is 3. The van der Waals surface area contributed by atoms with Crippen LogP contribution < -0.4 is 10.6 Å². The van der Waals surface area contributed by atoms with E-state index in [1.54, 1.807) is 20.8 Å². The second kappa shape index (κ2) is 6.06. The predicted octanol–water partition coefficient (Wildman–Crippen LogP) is 0.813. The highest BCUT2D eigenvalue weighted by Crippen LogP contribution is 2.05. The van der Waals surface area contributed by atoms with Crippen LogP contribution in [0, 0.1) is 0 Å². The summed E-state index contributed by atoms with van der Waals surface area (Å²) in [6.07, 6.45) is 0.684. The normalized spacial score (nSPS) is 10.3. The Balaban J connectivity index is 3.56. The fourth-order valence-corrected chi connectivity index (χ4v) is 0.737. The van der Waals surface area contributed by atoms with E-state index >= 15 is 0 Å². The van der Waals surface area contributed by atoms with Crippen molar-refractivity contribution in [2.45, 2.75) is 26.4 Å². The van der Waals surface area contributed by atoms with E-state index < -0.39 is 11.7 Å². The Morgan fingerprint density at radius 2 is 1.80 bits per heavy atom. The molecule has 0 aromatic heterocycles.